The molecule has 1 aliphatic heterocycles. The summed E-state index contributed by atoms with van der Waals surface area (Å²) in [6.45, 7) is -0.398. The Balaban J connectivity index is 2.47. The third kappa shape index (κ3) is 1.97. The van der Waals surface area contributed by atoms with E-state index in [0.717, 1.165) is 0 Å². The number of aromatic nitrogens is 2. The molecule has 0 radical (unpaired) electrons. The van der Waals surface area contributed by atoms with Crippen molar-refractivity contribution in [1.82, 2.24) is 9.55 Å². The fourth-order valence-electron chi connectivity index (χ4n) is 1.71. The predicted octanol–water partition coefficient (Wildman–Crippen LogP) is -2.71. The summed E-state index contributed by atoms with van der Waals surface area (Å²) in [4.78, 5) is 24.8. The number of nitrogens with one attached hydrogen (secondary N) is 1. The van der Waals surface area contributed by atoms with Crippen LogP contribution >= 0.6 is 0 Å². The highest BCUT2D eigenvalue weighted by Gasteiger charge is 2.40. The quantitative estimate of drug-likeness (QED) is 0.436. The van der Waals surface area contributed by atoms with Gasteiger partial charge in [0.25, 0.3) is 5.56 Å². The van der Waals surface area contributed by atoms with Crippen molar-refractivity contribution in [2.45, 2.75) is 24.5 Å². The fraction of sp³-hybridized carbons (Fsp3) is 0.556. The minimum absolute atomic E-state index is 0.315. The lowest BCUT2D eigenvalue weighted by Gasteiger charge is -2.35. The molecule has 0 spiro atoms. The average Bonchev–Trinajstić information content (AvgIpc) is 2.34. The van der Waals surface area contributed by atoms with Crippen molar-refractivity contribution in [1.29, 1.82) is 0 Å². The monoisotopic (exact) mass is 262 g/mol. The zero-order valence-electron chi connectivity index (χ0n) is 8.99. The van der Waals surface area contributed by atoms with Crippen LogP contribution in [0.3, 0.4) is 0 Å². The molecule has 0 bridgehead atoms. The standard InChI is InChI=1S/C9H11FN2O6/c10-3-1-11-9(17)12(7(3)16)8-6(15)5(14)4(13)2-18-8/h1,4-6,8,13-15H,2H2,(H,11,17)/t4-,5-,6+,8?/m1/s1. The summed E-state index contributed by atoms with van der Waals surface area (Å²) >= 11 is 0. The lowest BCUT2D eigenvalue weighted by molar-refractivity contribution is -0.212. The van der Waals surface area contributed by atoms with E-state index in [9.17, 15) is 29.3 Å². The van der Waals surface area contributed by atoms with Crippen LogP contribution in [-0.4, -0.2) is 49.8 Å². The van der Waals surface area contributed by atoms with Crippen LogP contribution < -0.4 is 11.2 Å². The van der Waals surface area contributed by atoms with E-state index in [-0.39, 0.29) is 0 Å². The Bertz CT molecular complexity index is 555. The van der Waals surface area contributed by atoms with Gasteiger partial charge in [-0.25, -0.2) is 9.36 Å². The van der Waals surface area contributed by atoms with Gasteiger partial charge < -0.3 is 25.0 Å². The maximum absolute atomic E-state index is 13.1. The number of ether oxygens (including phenoxy) is 1. The van der Waals surface area contributed by atoms with Crippen molar-refractivity contribution >= 4 is 0 Å². The number of aliphatic hydroxyl groups excluding tert-OH is 3. The van der Waals surface area contributed by atoms with Crippen molar-refractivity contribution in [3.05, 3.63) is 32.9 Å². The Morgan fingerprint density at radius 2 is 2.00 bits per heavy atom. The average molecular weight is 262 g/mol. The second kappa shape index (κ2) is 4.61. The largest absolute Gasteiger partial charge is 0.388 e. The lowest BCUT2D eigenvalue weighted by atomic mass is 10.0. The number of rotatable bonds is 1. The topological polar surface area (TPSA) is 125 Å². The number of hydrogen-bond acceptors (Lipinski definition) is 6. The van der Waals surface area contributed by atoms with E-state index in [1.54, 1.807) is 0 Å². The molecule has 1 fully saturated rings. The molecule has 0 aliphatic carbocycles. The van der Waals surface area contributed by atoms with Gasteiger partial charge in [-0.15, -0.1) is 0 Å². The summed E-state index contributed by atoms with van der Waals surface area (Å²) in [5.41, 5.74) is -2.28. The molecule has 100 valence electrons. The van der Waals surface area contributed by atoms with Crippen LogP contribution in [-0.2, 0) is 4.74 Å². The maximum atomic E-state index is 13.1. The Kier molecular flexibility index (Phi) is 3.30. The molecule has 8 nitrogen and oxygen atoms in total. The molecule has 1 aromatic rings. The molecule has 1 unspecified atom stereocenters. The van der Waals surface area contributed by atoms with Crippen molar-refractivity contribution in [2.24, 2.45) is 0 Å². The van der Waals surface area contributed by atoms with Gasteiger partial charge in [0.1, 0.15) is 18.3 Å². The normalized spacial score (nSPS) is 32.4. The van der Waals surface area contributed by atoms with E-state index in [2.05, 4.69) is 0 Å². The van der Waals surface area contributed by atoms with Gasteiger partial charge in [0.15, 0.2) is 6.23 Å². The first-order valence-electron chi connectivity index (χ1n) is 5.09. The van der Waals surface area contributed by atoms with E-state index >= 15 is 0 Å². The maximum Gasteiger partial charge on any atom is 0.330 e. The summed E-state index contributed by atoms with van der Waals surface area (Å²) in [5.74, 6) is -1.23. The highest BCUT2D eigenvalue weighted by molar-refractivity contribution is 4.93. The van der Waals surface area contributed by atoms with E-state index in [0.29, 0.717) is 10.8 Å². The first kappa shape index (κ1) is 12.9. The van der Waals surface area contributed by atoms with Gasteiger partial charge in [-0.3, -0.25) is 4.79 Å². The second-order valence-corrected chi connectivity index (χ2v) is 3.89. The summed E-state index contributed by atoms with van der Waals surface area (Å²) < 4.78 is 18.3. The summed E-state index contributed by atoms with van der Waals surface area (Å²) in [6.07, 6.45) is -5.65. The Morgan fingerprint density at radius 3 is 2.67 bits per heavy atom. The fourth-order valence-corrected chi connectivity index (χ4v) is 1.71. The Morgan fingerprint density at radius 1 is 1.33 bits per heavy atom. The van der Waals surface area contributed by atoms with Gasteiger partial charge in [-0.2, -0.15) is 4.39 Å². The van der Waals surface area contributed by atoms with Crippen LogP contribution in [0.25, 0.3) is 0 Å². The van der Waals surface area contributed by atoms with Crippen LogP contribution in [0.5, 0.6) is 0 Å². The number of halogens is 1. The van der Waals surface area contributed by atoms with Gasteiger partial charge in [0.05, 0.1) is 6.61 Å². The van der Waals surface area contributed by atoms with Crippen LogP contribution in [0.15, 0.2) is 15.8 Å². The molecular weight excluding hydrogens is 251 g/mol. The third-order valence-electron chi connectivity index (χ3n) is 2.69. The highest BCUT2D eigenvalue weighted by Crippen LogP contribution is 2.21. The molecule has 1 saturated heterocycles. The molecule has 18 heavy (non-hydrogen) atoms. The summed E-state index contributed by atoms with van der Waals surface area (Å²) in [5, 5.41) is 28.3. The highest BCUT2D eigenvalue weighted by atomic mass is 19.1. The molecule has 1 aliphatic rings. The lowest BCUT2D eigenvalue weighted by Crippen LogP contribution is -2.55. The van der Waals surface area contributed by atoms with E-state index in [4.69, 9.17) is 4.74 Å². The number of aromatic amines is 1. The third-order valence-corrected chi connectivity index (χ3v) is 2.69. The molecule has 4 atom stereocenters. The first-order valence-corrected chi connectivity index (χ1v) is 5.09. The van der Waals surface area contributed by atoms with Crippen LogP contribution in [0, 0.1) is 5.82 Å². The zero-order chi connectivity index (χ0) is 13.4. The molecule has 4 N–H and O–H groups in total. The molecule has 1 aromatic heterocycles. The van der Waals surface area contributed by atoms with Gasteiger partial charge >= 0.3 is 5.69 Å². The van der Waals surface area contributed by atoms with Crippen LogP contribution in [0.1, 0.15) is 6.23 Å². The van der Waals surface area contributed by atoms with Gasteiger partial charge in [0, 0.05) is 6.20 Å². The van der Waals surface area contributed by atoms with Gasteiger partial charge in [0.2, 0.25) is 5.82 Å². The van der Waals surface area contributed by atoms with Crippen LogP contribution in [0.4, 0.5) is 4.39 Å². The summed E-state index contributed by atoms with van der Waals surface area (Å²) in [6, 6.07) is 0. The molecule has 9 heteroatoms. The predicted molar refractivity (Wildman–Crippen MR) is 54.3 cm³/mol. The molecule has 0 amide bonds. The zero-order valence-corrected chi connectivity index (χ0v) is 8.99. The number of H-pyrrole nitrogens is 1. The molecular formula is C9H11FN2O6. The smallest absolute Gasteiger partial charge is 0.330 e. The second-order valence-electron chi connectivity index (χ2n) is 3.89. The van der Waals surface area contributed by atoms with E-state index in [1.807, 2.05) is 4.98 Å². The minimum Gasteiger partial charge on any atom is -0.388 e. The first-order chi connectivity index (χ1) is 8.43. The number of nitrogens with zero attached hydrogens (tertiary/aromatic N) is 1. The molecule has 2 rings (SSSR count). The molecule has 0 aromatic carbocycles. The number of aliphatic hydroxyl groups is 3. The SMILES string of the molecule is O=c1[nH]cc(F)c(=O)n1C1OC[C@@H](O)[C@@H](O)[C@@H]1O. The Hall–Kier alpha value is -1.55. The van der Waals surface area contributed by atoms with Gasteiger partial charge in [-0.05, 0) is 0 Å². The molecule has 2 heterocycles. The van der Waals surface area contributed by atoms with Crippen molar-refractivity contribution in [3.8, 4) is 0 Å². The van der Waals surface area contributed by atoms with Gasteiger partial charge in [-0.1, -0.05) is 0 Å². The van der Waals surface area contributed by atoms with Crippen molar-refractivity contribution in [3.63, 3.8) is 0 Å². The minimum atomic E-state index is -1.73. The van der Waals surface area contributed by atoms with E-state index in [1.165, 1.54) is 0 Å². The number of hydrogen-bond donors (Lipinski definition) is 4. The van der Waals surface area contributed by atoms with Crippen LogP contribution in [0.2, 0.25) is 0 Å². The van der Waals surface area contributed by atoms with E-state index < -0.39 is 48.2 Å². The summed E-state index contributed by atoms with van der Waals surface area (Å²) in [7, 11) is 0. The molecule has 0 saturated carbocycles. The van der Waals surface area contributed by atoms with Crippen molar-refractivity contribution in [2.75, 3.05) is 6.61 Å². The van der Waals surface area contributed by atoms with Crippen molar-refractivity contribution < 1.29 is 24.4 Å². The Labute approximate surface area is 98.9 Å².